The van der Waals surface area contributed by atoms with Crippen molar-refractivity contribution in [2.45, 2.75) is 18.6 Å². The van der Waals surface area contributed by atoms with Crippen LogP contribution in [-0.2, 0) is 0 Å². The van der Waals surface area contributed by atoms with Gasteiger partial charge in [-0.3, -0.25) is 0 Å². The average Bonchev–Trinajstić information content (AvgIpc) is 2.46. The van der Waals surface area contributed by atoms with Crippen LogP contribution in [0.15, 0.2) is 34.3 Å². The van der Waals surface area contributed by atoms with E-state index in [0.717, 1.165) is 11.3 Å². The monoisotopic (exact) mass is 175 g/mol. The van der Waals surface area contributed by atoms with E-state index in [2.05, 4.69) is 25.1 Å². The Hall–Kier alpha value is -0.940. The number of rotatable bonds is 0. The second kappa shape index (κ2) is 2.84. The molecule has 1 unspecified atom stereocenters. The molecule has 12 heavy (non-hydrogen) atoms. The minimum absolute atomic E-state index is 0.518. The zero-order valence-corrected chi connectivity index (χ0v) is 7.69. The lowest BCUT2D eigenvalue weighted by Crippen LogP contribution is -2.04. The lowest BCUT2D eigenvalue weighted by Gasteiger charge is -2.14. The van der Waals surface area contributed by atoms with Crippen LogP contribution >= 0.6 is 11.8 Å². The van der Waals surface area contributed by atoms with Gasteiger partial charge >= 0.3 is 0 Å². The number of nitriles is 1. The van der Waals surface area contributed by atoms with E-state index in [4.69, 9.17) is 5.26 Å². The van der Waals surface area contributed by atoms with Crippen LogP contribution in [0.4, 0.5) is 0 Å². The molecule has 2 heteroatoms. The maximum Gasteiger partial charge on any atom is 0.106 e. The van der Waals surface area contributed by atoms with Gasteiger partial charge in [-0.25, -0.2) is 0 Å². The molecule has 0 saturated carbocycles. The molecule has 1 atom stereocenters. The third kappa shape index (κ3) is 1.21. The molecule has 0 saturated heterocycles. The van der Waals surface area contributed by atoms with Crippen molar-refractivity contribution in [3.8, 4) is 6.07 Å². The molecule has 0 aromatic heterocycles. The molecule has 1 aliphatic heterocycles. The van der Waals surface area contributed by atoms with Crippen molar-refractivity contribution in [1.29, 1.82) is 5.26 Å². The van der Waals surface area contributed by atoms with Gasteiger partial charge in [-0.1, -0.05) is 17.7 Å². The first-order valence-electron chi connectivity index (χ1n) is 3.95. The summed E-state index contributed by atoms with van der Waals surface area (Å²) in [7, 11) is 0. The summed E-state index contributed by atoms with van der Waals surface area (Å²) in [6, 6.07) is 2.20. The van der Waals surface area contributed by atoms with Crippen molar-refractivity contribution >= 4 is 11.8 Å². The normalized spacial score (nSPS) is 26.7. The van der Waals surface area contributed by atoms with E-state index < -0.39 is 0 Å². The van der Waals surface area contributed by atoms with Crippen LogP contribution in [0.25, 0.3) is 0 Å². The van der Waals surface area contributed by atoms with E-state index in [1.54, 1.807) is 11.8 Å². The van der Waals surface area contributed by atoms with E-state index in [9.17, 15) is 0 Å². The molecule has 1 heterocycles. The second-order valence-electron chi connectivity index (χ2n) is 3.11. The molecule has 2 aliphatic rings. The Labute approximate surface area is 76.5 Å². The Kier molecular flexibility index (Phi) is 1.82. The van der Waals surface area contributed by atoms with E-state index in [-0.39, 0.29) is 0 Å². The summed E-state index contributed by atoms with van der Waals surface area (Å²) in [5.41, 5.74) is 2.71. The van der Waals surface area contributed by atoms with Crippen LogP contribution in [0.2, 0.25) is 0 Å². The van der Waals surface area contributed by atoms with Gasteiger partial charge < -0.3 is 0 Å². The van der Waals surface area contributed by atoms with Gasteiger partial charge in [-0.05, 0) is 25.0 Å². The van der Waals surface area contributed by atoms with Gasteiger partial charge in [0.1, 0.15) is 6.07 Å². The fraction of sp³-hybridized carbons (Fsp3) is 0.300. The van der Waals surface area contributed by atoms with E-state index in [0.29, 0.717) is 5.25 Å². The molecule has 1 aliphatic carbocycles. The SMILES string of the molecule is CC1=CC=C2C=C(C#N)SC2C1. The van der Waals surface area contributed by atoms with Gasteiger partial charge in [-0.15, -0.1) is 11.8 Å². The number of hydrogen-bond donors (Lipinski definition) is 0. The number of nitrogens with zero attached hydrogens (tertiary/aromatic N) is 1. The van der Waals surface area contributed by atoms with Crippen LogP contribution in [0.5, 0.6) is 0 Å². The van der Waals surface area contributed by atoms with Crippen molar-refractivity contribution in [2.24, 2.45) is 0 Å². The maximum absolute atomic E-state index is 8.70. The summed E-state index contributed by atoms with van der Waals surface area (Å²) < 4.78 is 0. The Morgan fingerprint density at radius 2 is 2.42 bits per heavy atom. The fourth-order valence-electron chi connectivity index (χ4n) is 1.47. The molecule has 0 radical (unpaired) electrons. The molecule has 0 N–H and O–H groups in total. The molecule has 0 bridgehead atoms. The van der Waals surface area contributed by atoms with Crippen LogP contribution < -0.4 is 0 Å². The van der Waals surface area contributed by atoms with Gasteiger partial charge in [0.25, 0.3) is 0 Å². The van der Waals surface area contributed by atoms with Crippen molar-refractivity contribution in [1.82, 2.24) is 0 Å². The smallest absolute Gasteiger partial charge is 0.106 e. The molecule has 0 amide bonds. The largest absolute Gasteiger partial charge is 0.192 e. The van der Waals surface area contributed by atoms with E-state index in [1.807, 2.05) is 6.08 Å². The average molecular weight is 175 g/mol. The molecule has 60 valence electrons. The van der Waals surface area contributed by atoms with Crippen molar-refractivity contribution in [3.05, 3.63) is 34.3 Å². The number of fused-ring (bicyclic) bond motifs is 1. The van der Waals surface area contributed by atoms with Crippen LogP contribution in [-0.4, -0.2) is 5.25 Å². The summed E-state index contributed by atoms with van der Waals surface area (Å²) >= 11 is 1.69. The van der Waals surface area contributed by atoms with Crippen LogP contribution in [0.1, 0.15) is 13.3 Å². The minimum Gasteiger partial charge on any atom is -0.192 e. The Balaban J connectivity index is 2.29. The minimum atomic E-state index is 0.518. The van der Waals surface area contributed by atoms with Crippen molar-refractivity contribution in [3.63, 3.8) is 0 Å². The fourth-order valence-corrected chi connectivity index (χ4v) is 2.66. The van der Waals surface area contributed by atoms with Crippen LogP contribution in [0, 0.1) is 11.3 Å². The quantitative estimate of drug-likeness (QED) is 0.565. The van der Waals surface area contributed by atoms with Crippen molar-refractivity contribution < 1.29 is 0 Å². The zero-order chi connectivity index (χ0) is 8.55. The summed E-state index contributed by atoms with van der Waals surface area (Å²) in [4.78, 5) is 0.856. The highest BCUT2D eigenvalue weighted by Crippen LogP contribution is 2.40. The molecular formula is C10H9NS. The lowest BCUT2D eigenvalue weighted by atomic mass is 9.99. The molecule has 0 aromatic carbocycles. The number of allylic oxidation sites excluding steroid dienone is 5. The highest BCUT2D eigenvalue weighted by molar-refractivity contribution is 8.04. The standard InChI is InChI=1S/C10H9NS/c1-7-2-3-8-5-9(6-11)12-10(8)4-7/h2-3,5,10H,4H2,1H3. The van der Waals surface area contributed by atoms with Gasteiger partial charge in [0, 0.05) is 5.25 Å². The Morgan fingerprint density at radius 1 is 1.58 bits per heavy atom. The first-order valence-corrected chi connectivity index (χ1v) is 4.83. The predicted molar refractivity (Wildman–Crippen MR) is 51.5 cm³/mol. The van der Waals surface area contributed by atoms with E-state index in [1.165, 1.54) is 11.1 Å². The first kappa shape index (κ1) is 7.70. The van der Waals surface area contributed by atoms with E-state index >= 15 is 0 Å². The number of hydrogen-bond acceptors (Lipinski definition) is 2. The zero-order valence-electron chi connectivity index (χ0n) is 6.87. The summed E-state index contributed by atoms with van der Waals surface area (Å²) in [6.07, 6.45) is 7.36. The van der Waals surface area contributed by atoms with Gasteiger partial charge in [0.2, 0.25) is 0 Å². The molecule has 0 fully saturated rings. The molecular weight excluding hydrogens is 166 g/mol. The molecule has 1 nitrogen and oxygen atoms in total. The predicted octanol–water partition coefficient (Wildman–Crippen LogP) is 2.79. The highest BCUT2D eigenvalue weighted by Gasteiger charge is 2.24. The summed E-state index contributed by atoms with van der Waals surface area (Å²) in [5.74, 6) is 0. The highest BCUT2D eigenvalue weighted by atomic mass is 32.2. The van der Waals surface area contributed by atoms with Crippen LogP contribution in [0.3, 0.4) is 0 Å². The lowest BCUT2D eigenvalue weighted by molar-refractivity contribution is 0.955. The Morgan fingerprint density at radius 3 is 3.17 bits per heavy atom. The molecule has 0 spiro atoms. The summed E-state index contributed by atoms with van der Waals surface area (Å²) in [6.45, 7) is 2.14. The first-order chi connectivity index (χ1) is 5.79. The third-order valence-electron chi connectivity index (χ3n) is 2.12. The third-order valence-corrected chi connectivity index (χ3v) is 3.30. The van der Waals surface area contributed by atoms with Crippen molar-refractivity contribution in [2.75, 3.05) is 0 Å². The summed E-state index contributed by atoms with van der Waals surface area (Å²) in [5, 5.41) is 9.21. The second-order valence-corrected chi connectivity index (χ2v) is 4.36. The Bertz CT molecular complexity index is 341. The van der Waals surface area contributed by atoms with Gasteiger partial charge in [0.05, 0.1) is 4.91 Å². The van der Waals surface area contributed by atoms with Gasteiger partial charge in [-0.2, -0.15) is 5.26 Å². The maximum atomic E-state index is 8.70. The topological polar surface area (TPSA) is 23.8 Å². The molecule has 0 aromatic rings. The number of thioether (sulfide) groups is 1. The van der Waals surface area contributed by atoms with Gasteiger partial charge in [0.15, 0.2) is 0 Å². The molecule has 2 rings (SSSR count).